The Morgan fingerprint density at radius 3 is 2.20 bits per heavy atom. The van der Waals surface area contributed by atoms with Crippen LogP contribution < -0.4 is 4.74 Å². The smallest absolute Gasteiger partial charge is 0.163 e. The fourth-order valence-corrected chi connectivity index (χ4v) is 5.30. The lowest BCUT2D eigenvalue weighted by molar-refractivity contribution is 0.0179. The fourth-order valence-electron chi connectivity index (χ4n) is 4.97. The van der Waals surface area contributed by atoms with Crippen LogP contribution in [0, 0.1) is 6.92 Å². The number of hydrogen-bond acceptors (Lipinski definition) is 5. The first-order valence-corrected chi connectivity index (χ1v) is 14.5. The topological polar surface area (TPSA) is 58.9 Å². The highest BCUT2D eigenvalue weighted by atomic mass is 79.9. The van der Waals surface area contributed by atoms with Crippen molar-refractivity contribution in [2.45, 2.75) is 13.8 Å². The predicted molar refractivity (Wildman–Crippen MR) is 168 cm³/mol. The summed E-state index contributed by atoms with van der Waals surface area (Å²) in [6.45, 7) is 6.47. The number of methoxy groups -OCH3 is 1. The van der Waals surface area contributed by atoms with E-state index in [1.165, 1.54) is 5.56 Å². The van der Waals surface area contributed by atoms with Gasteiger partial charge in [0.25, 0.3) is 0 Å². The lowest BCUT2D eigenvalue weighted by Gasteiger charge is -2.14. The number of fused-ring (bicyclic) bond motifs is 3. The van der Waals surface area contributed by atoms with Crippen molar-refractivity contribution < 1.29 is 23.7 Å². The summed E-state index contributed by atoms with van der Waals surface area (Å²) in [4.78, 5) is 12.8. The maximum absolute atomic E-state index is 12.8. The summed E-state index contributed by atoms with van der Waals surface area (Å²) in [5.41, 5.74) is 7.02. The molecule has 41 heavy (non-hydrogen) atoms. The molecule has 0 spiro atoms. The molecule has 0 aliphatic rings. The fraction of sp³-hybridized carbons (Fsp3) is 0.265. The van der Waals surface area contributed by atoms with Crippen molar-refractivity contribution >= 4 is 43.5 Å². The van der Waals surface area contributed by atoms with Crippen LogP contribution in [-0.2, 0) is 14.2 Å². The number of rotatable bonds is 13. The molecule has 0 fully saturated rings. The number of benzene rings is 4. The zero-order valence-electron chi connectivity index (χ0n) is 23.6. The van der Waals surface area contributed by atoms with E-state index in [9.17, 15) is 4.79 Å². The normalized spacial score (nSPS) is 11.4. The van der Waals surface area contributed by atoms with Crippen molar-refractivity contribution in [2.24, 2.45) is 0 Å². The van der Waals surface area contributed by atoms with E-state index in [1.54, 1.807) is 14.0 Å². The van der Waals surface area contributed by atoms with Crippen molar-refractivity contribution in [3.8, 4) is 22.6 Å². The summed E-state index contributed by atoms with van der Waals surface area (Å²) in [6, 6.07) is 27.1. The average Bonchev–Trinajstić information content (AvgIpc) is 3.29. The summed E-state index contributed by atoms with van der Waals surface area (Å²) in [7, 11) is 1.64. The first kappa shape index (κ1) is 29.0. The predicted octanol–water partition coefficient (Wildman–Crippen LogP) is 7.78. The van der Waals surface area contributed by atoms with Gasteiger partial charge in [-0.3, -0.25) is 4.79 Å². The third kappa shape index (κ3) is 6.54. The molecule has 0 saturated heterocycles. The number of aryl methyl sites for hydroxylation is 1. The molecular formula is C34H34BrNO5. The van der Waals surface area contributed by atoms with Crippen LogP contribution in [0.15, 0.2) is 83.3 Å². The van der Waals surface area contributed by atoms with Crippen LogP contribution in [-0.4, -0.2) is 57.1 Å². The average molecular weight is 617 g/mol. The molecular weight excluding hydrogens is 582 g/mol. The Morgan fingerprint density at radius 2 is 1.46 bits per heavy atom. The zero-order chi connectivity index (χ0) is 28.8. The number of hydrogen-bond donors (Lipinski definition) is 0. The number of ether oxygens (including phenoxy) is 4. The zero-order valence-corrected chi connectivity index (χ0v) is 25.2. The van der Waals surface area contributed by atoms with Gasteiger partial charge in [-0.05, 0) is 66.9 Å². The Kier molecular flexibility index (Phi) is 9.52. The Morgan fingerprint density at radius 1 is 0.756 bits per heavy atom. The number of carbonyl (C=O) groups excluding carboxylic acids is 1. The lowest BCUT2D eigenvalue weighted by atomic mass is 10.0. The highest BCUT2D eigenvalue weighted by molar-refractivity contribution is 9.10. The van der Waals surface area contributed by atoms with Gasteiger partial charge >= 0.3 is 0 Å². The molecule has 0 N–H and O–H groups in total. The van der Waals surface area contributed by atoms with Crippen molar-refractivity contribution in [3.63, 3.8) is 0 Å². The second-order valence-corrected chi connectivity index (χ2v) is 10.7. The van der Waals surface area contributed by atoms with Gasteiger partial charge in [0.1, 0.15) is 12.4 Å². The van der Waals surface area contributed by atoms with Gasteiger partial charge in [0.15, 0.2) is 5.78 Å². The third-order valence-electron chi connectivity index (χ3n) is 7.04. The van der Waals surface area contributed by atoms with Crippen molar-refractivity contribution in [2.75, 3.05) is 46.8 Å². The van der Waals surface area contributed by atoms with Gasteiger partial charge in [0.05, 0.1) is 49.6 Å². The van der Waals surface area contributed by atoms with Crippen LogP contribution in [0.4, 0.5) is 0 Å². The Labute approximate surface area is 248 Å². The van der Waals surface area contributed by atoms with Crippen LogP contribution in [0.25, 0.3) is 38.6 Å². The van der Waals surface area contributed by atoms with Crippen LogP contribution in [0.3, 0.4) is 0 Å². The van der Waals surface area contributed by atoms with Crippen LogP contribution in [0.5, 0.6) is 5.75 Å². The Balaban J connectivity index is 1.47. The molecule has 0 bridgehead atoms. The standard InChI is InChI=1S/C34H34BrNO5/c1-23-19-30-28-11-9-26(25-7-5-4-6-8-25)20-32(28)36(33(30)22-31(23)35)27-10-12-34(29(21-27)24(2)37)41-18-17-40-16-15-39-14-13-38-3/h4-12,19-22H,13-18H2,1-3H3. The molecule has 212 valence electrons. The summed E-state index contributed by atoms with van der Waals surface area (Å²) < 4.78 is 25.2. The molecule has 1 heterocycles. The van der Waals surface area contributed by atoms with Crippen LogP contribution >= 0.6 is 15.9 Å². The molecule has 5 aromatic rings. The van der Waals surface area contributed by atoms with Gasteiger partial charge in [-0.25, -0.2) is 0 Å². The Bertz CT molecular complexity index is 1660. The molecule has 0 saturated carbocycles. The largest absolute Gasteiger partial charge is 0.490 e. The van der Waals surface area contributed by atoms with Gasteiger partial charge in [-0.15, -0.1) is 0 Å². The van der Waals surface area contributed by atoms with Gasteiger partial charge in [0.2, 0.25) is 0 Å². The van der Waals surface area contributed by atoms with E-state index in [0.717, 1.165) is 43.1 Å². The second kappa shape index (κ2) is 13.4. The monoisotopic (exact) mass is 615 g/mol. The van der Waals surface area contributed by atoms with E-state index < -0.39 is 0 Å². The van der Waals surface area contributed by atoms with Crippen LogP contribution in [0.1, 0.15) is 22.8 Å². The van der Waals surface area contributed by atoms with Crippen molar-refractivity contribution in [1.82, 2.24) is 4.57 Å². The maximum Gasteiger partial charge on any atom is 0.163 e. The quantitative estimate of drug-likeness (QED) is 0.0999. The Hall–Kier alpha value is -3.49. The number of carbonyl (C=O) groups is 1. The molecule has 4 aromatic carbocycles. The second-order valence-electron chi connectivity index (χ2n) is 9.85. The molecule has 1 aromatic heterocycles. The van der Waals surface area contributed by atoms with Crippen molar-refractivity contribution in [3.05, 3.63) is 94.5 Å². The number of halogens is 1. The summed E-state index contributed by atoms with van der Waals surface area (Å²) >= 11 is 3.73. The van der Waals surface area contributed by atoms with E-state index >= 15 is 0 Å². The first-order chi connectivity index (χ1) is 20.0. The van der Waals surface area contributed by atoms with Crippen LogP contribution in [0.2, 0.25) is 0 Å². The first-order valence-electron chi connectivity index (χ1n) is 13.7. The van der Waals surface area contributed by atoms with E-state index in [-0.39, 0.29) is 5.78 Å². The maximum atomic E-state index is 12.8. The molecule has 0 amide bonds. The van der Waals surface area contributed by atoms with E-state index in [4.69, 9.17) is 18.9 Å². The molecule has 0 radical (unpaired) electrons. The van der Waals surface area contributed by atoms with Gasteiger partial charge in [0, 0.05) is 28.0 Å². The highest BCUT2D eigenvalue weighted by Crippen LogP contribution is 2.38. The lowest BCUT2D eigenvalue weighted by Crippen LogP contribution is -2.13. The molecule has 5 rings (SSSR count). The van der Waals surface area contributed by atoms with Crippen molar-refractivity contribution in [1.29, 1.82) is 0 Å². The molecule has 0 aliphatic carbocycles. The number of aromatic nitrogens is 1. The van der Waals surface area contributed by atoms with E-state index in [0.29, 0.717) is 51.0 Å². The molecule has 0 unspecified atom stereocenters. The highest BCUT2D eigenvalue weighted by Gasteiger charge is 2.17. The summed E-state index contributed by atoms with van der Waals surface area (Å²) in [5.74, 6) is 0.487. The molecule has 0 atom stereocenters. The van der Waals surface area contributed by atoms with E-state index in [1.807, 2.05) is 24.3 Å². The minimum Gasteiger partial charge on any atom is -0.490 e. The SMILES string of the molecule is COCCOCCOCCOc1ccc(-n2c3cc(-c4ccccc4)ccc3c3cc(C)c(Br)cc32)cc1C(C)=O. The number of nitrogens with zero attached hydrogens (tertiary/aromatic N) is 1. The number of Topliss-reactive ketones (excluding diaryl/α,β-unsaturated/α-hetero) is 1. The number of ketones is 1. The third-order valence-corrected chi connectivity index (χ3v) is 7.90. The van der Waals surface area contributed by atoms with Gasteiger partial charge < -0.3 is 23.5 Å². The minimum absolute atomic E-state index is 0.0583. The van der Waals surface area contributed by atoms with E-state index in [2.05, 4.69) is 82.0 Å². The molecule has 0 aliphatic heterocycles. The van der Waals surface area contributed by atoms with Gasteiger partial charge in [-0.1, -0.05) is 58.4 Å². The van der Waals surface area contributed by atoms with Gasteiger partial charge in [-0.2, -0.15) is 0 Å². The summed E-state index contributed by atoms with van der Waals surface area (Å²) in [6.07, 6.45) is 0. The molecule has 7 heteroatoms. The molecule has 6 nitrogen and oxygen atoms in total. The summed E-state index contributed by atoms with van der Waals surface area (Å²) in [5, 5.41) is 2.32. The minimum atomic E-state index is -0.0583.